The summed E-state index contributed by atoms with van der Waals surface area (Å²) in [7, 11) is 0. The number of rotatable bonds is 6. The van der Waals surface area contributed by atoms with Crippen molar-refractivity contribution in [3.05, 3.63) is 24.1 Å². The van der Waals surface area contributed by atoms with E-state index in [0.29, 0.717) is 17.6 Å². The summed E-state index contributed by atoms with van der Waals surface area (Å²) in [6.45, 7) is 4.46. The number of nitrogens with zero attached hydrogens (tertiary/aromatic N) is 5. The molecule has 2 rings (SSSR count). The fourth-order valence-corrected chi connectivity index (χ4v) is 1.48. The first-order valence-corrected chi connectivity index (χ1v) is 6.05. The third-order valence-electron chi connectivity index (χ3n) is 2.29. The van der Waals surface area contributed by atoms with Gasteiger partial charge < -0.3 is 9.84 Å². The zero-order valence-corrected chi connectivity index (χ0v) is 10.9. The molecule has 0 fully saturated rings. The molecule has 0 unspecified atom stereocenters. The van der Waals surface area contributed by atoms with Gasteiger partial charge in [0, 0.05) is 6.42 Å². The van der Waals surface area contributed by atoms with Crippen LogP contribution in [0.1, 0.15) is 25.6 Å². The topological polar surface area (TPSA) is 98.7 Å². The van der Waals surface area contributed by atoms with Crippen LogP contribution in [0.5, 0.6) is 0 Å². The third kappa shape index (κ3) is 4.16. The number of amides is 1. The fourth-order valence-electron chi connectivity index (χ4n) is 1.48. The second-order valence-corrected chi connectivity index (χ2v) is 4.54. The van der Waals surface area contributed by atoms with Crippen molar-refractivity contribution < 1.29 is 9.32 Å². The van der Waals surface area contributed by atoms with Crippen LogP contribution in [0.15, 0.2) is 16.9 Å². The third-order valence-corrected chi connectivity index (χ3v) is 2.29. The highest BCUT2D eigenvalue weighted by Crippen LogP contribution is 2.05. The van der Waals surface area contributed by atoms with Gasteiger partial charge in [-0.2, -0.15) is 20.0 Å². The Morgan fingerprint density at radius 2 is 2.16 bits per heavy atom. The lowest BCUT2D eigenvalue weighted by molar-refractivity contribution is -0.122. The van der Waals surface area contributed by atoms with Crippen molar-refractivity contribution in [3.63, 3.8) is 0 Å². The second kappa shape index (κ2) is 6.07. The van der Waals surface area contributed by atoms with E-state index in [4.69, 9.17) is 4.52 Å². The summed E-state index contributed by atoms with van der Waals surface area (Å²) in [5.74, 6) is 1.31. The predicted molar refractivity (Wildman–Crippen MR) is 64.7 cm³/mol. The van der Waals surface area contributed by atoms with Crippen molar-refractivity contribution in [2.75, 3.05) is 0 Å². The number of nitrogens with one attached hydrogen (secondary N) is 1. The largest absolute Gasteiger partial charge is 0.347 e. The molecule has 0 saturated carbocycles. The van der Waals surface area contributed by atoms with Crippen molar-refractivity contribution in [1.29, 1.82) is 0 Å². The van der Waals surface area contributed by atoms with Gasteiger partial charge in [0.15, 0.2) is 5.82 Å². The van der Waals surface area contributed by atoms with E-state index in [1.165, 1.54) is 17.2 Å². The van der Waals surface area contributed by atoms with Gasteiger partial charge in [0.1, 0.15) is 6.54 Å². The Morgan fingerprint density at radius 1 is 1.42 bits per heavy atom. The molecule has 0 spiro atoms. The number of carbonyl (C=O) groups is 1. The summed E-state index contributed by atoms with van der Waals surface area (Å²) in [5.41, 5.74) is 0. The minimum Gasteiger partial charge on any atom is -0.347 e. The Hall–Kier alpha value is -2.25. The normalized spacial score (nSPS) is 10.9. The lowest BCUT2D eigenvalue weighted by Crippen LogP contribution is -2.28. The highest BCUT2D eigenvalue weighted by atomic mass is 16.5. The molecular formula is C11H16N6O2. The van der Waals surface area contributed by atoms with Gasteiger partial charge in [-0.1, -0.05) is 19.0 Å². The standard InChI is InChI=1S/C11H16N6O2/c1-8(2)5-11-15-9(16-19-11)6-12-10(18)7-17-13-3-4-14-17/h3-4,8H,5-7H2,1-2H3,(H,12,18). The van der Waals surface area contributed by atoms with E-state index in [0.717, 1.165) is 6.42 Å². The summed E-state index contributed by atoms with van der Waals surface area (Å²) in [6.07, 6.45) is 3.77. The number of carbonyl (C=O) groups excluding carboxylic acids is 1. The van der Waals surface area contributed by atoms with E-state index in [9.17, 15) is 4.79 Å². The molecule has 0 aliphatic heterocycles. The molecule has 0 aliphatic rings. The minimum atomic E-state index is -0.202. The maximum atomic E-state index is 11.6. The first-order chi connectivity index (χ1) is 9.13. The molecule has 1 amide bonds. The Bertz CT molecular complexity index is 519. The molecule has 0 atom stereocenters. The van der Waals surface area contributed by atoms with Crippen molar-refractivity contribution in [2.45, 2.75) is 33.4 Å². The van der Waals surface area contributed by atoms with Gasteiger partial charge in [-0.3, -0.25) is 4.79 Å². The maximum Gasteiger partial charge on any atom is 0.243 e. The smallest absolute Gasteiger partial charge is 0.243 e. The minimum absolute atomic E-state index is 0.0731. The average molecular weight is 264 g/mol. The highest BCUT2D eigenvalue weighted by molar-refractivity contribution is 5.75. The SMILES string of the molecule is CC(C)Cc1nc(CNC(=O)Cn2nccn2)no1. The van der Waals surface area contributed by atoms with Gasteiger partial charge >= 0.3 is 0 Å². The highest BCUT2D eigenvalue weighted by Gasteiger charge is 2.09. The van der Waals surface area contributed by atoms with Crippen molar-refractivity contribution in [1.82, 2.24) is 30.5 Å². The molecule has 0 aromatic carbocycles. The van der Waals surface area contributed by atoms with Crippen molar-refractivity contribution in [2.24, 2.45) is 5.92 Å². The van der Waals surface area contributed by atoms with Crippen molar-refractivity contribution >= 4 is 5.91 Å². The van der Waals surface area contributed by atoms with Crippen LogP contribution in [-0.4, -0.2) is 31.0 Å². The Kier molecular flexibility index (Phi) is 4.22. The van der Waals surface area contributed by atoms with Crippen LogP contribution < -0.4 is 5.32 Å². The molecule has 0 radical (unpaired) electrons. The van der Waals surface area contributed by atoms with E-state index in [1.807, 2.05) is 0 Å². The second-order valence-electron chi connectivity index (χ2n) is 4.54. The zero-order chi connectivity index (χ0) is 13.7. The van der Waals surface area contributed by atoms with Gasteiger partial charge in [0.25, 0.3) is 0 Å². The number of aromatic nitrogens is 5. The van der Waals surface area contributed by atoms with E-state index >= 15 is 0 Å². The predicted octanol–water partition coefficient (Wildman–Crippen LogP) is 0.176. The number of hydrogen-bond donors (Lipinski definition) is 1. The molecule has 8 heteroatoms. The first kappa shape index (κ1) is 13.2. The van der Waals surface area contributed by atoms with E-state index in [2.05, 4.69) is 39.5 Å². The van der Waals surface area contributed by atoms with Crippen LogP contribution >= 0.6 is 0 Å². The lowest BCUT2D eigenvalue weighted by Gasteiger charge is -2.01. The van der Waals surface area contributed by atoms with E-state index in [-0.39, 0.29) is 19.0 Å². The summed E-state index contributed by atoms with van der Waals surface area (Å²) in [4.78, 5) is 17.1. The average Bonchev–Trinajstić information content (AvgIpc) is 2.97. The molecular weight excluding hydrogens is 248 g/mol. The molecule has 0 saturated heterocycles. The fraction of sp³-hybridized carbons (Fsp3) is 0.545. The monoisotopic (exact) mass is 264 g/mol. The van der Waals surface area contributed by atoms with Crippen molar-refractivity contribution in [3.8, 4) is 0 Å². The van der Waals surface area contributed by atoms with Gasteiger partial charge in [-0.25, -0.2) is 0 Å². The molecule has 2 aromatic rings. The summed E-state index contributed by atoms with van der Waals surface area (Å²) in [6, 6.07) is 0. The van der Waals surface area contributed by atoms with Crippen LogP contribution in [0.2, 0.25) is 0 Å². The van der Waals surface area contributed by atoms with Gasteiger partial charge in [-0.05, 0) is 5.92 Å². The van der Waals surface area contributed by atoms with E-state index < -0.39 is 0 Å². The van der Waals surface area contributed by atoms with E-state index in [1.54, 1.807) is 0 Å². The van der Waals surface area contributed by atoms with Crippen LogP contribution in [0.4, 0.5) is 0 Å². The number of hydrogen-bond acceptors (Lipinski definition) is 6. The zero-order valence-electron chi connectivity index (χ0n) is 10.9. The quantitative estimate of drug-likeness (QED) is 0.798. The molecule has 8 nitrogen and oxygen atoms in total. The van der Waals surface area contributed by atoms with Crippen LogP contribution in [0.25, 0.3) is 0 Å². The maximum absolute atomic E-state index is 11.6. The molecule has 2 heterocycles. The van der Waals surface area contributed by atoms with Crippen LogP contribution in [0, 0.1) is 5.92 Å². The molecule has 0 aliphatic carbocycles. The van der Waals surface area contributed by atoms with Gasteiger partial charge in [0.2, 0.25) is 11.8 Å². The Morgan fingerprint density at radius 3 is 2.84 bits per heavy atom. The summed E-state index contributed by atoms with van der Waals surface area (Å²) in [5, 5.41) is 14.2. The Balaban J connectivity index is 1.78. The molecule has 2 aromatic heterocycles. The lowest BCUT2D eigenvalue weighted by atomic mass is 10.1. The molecule has 102 valence electrons. The summed E-state index contributed by atoms with van der Waals surface area (Å²) >= 11 is 0. The molecule has 19 heavy (non-hydrogen) atoms. The van der Waals surface area contributed by atoms with Crippen LogP contribution in [0.3, 0.4) is 0 Å². The Labute approximate surface area is 110 Å². The summed E-state index contributed by atoms with van der Waals surface area (Å²) < 4.78 is 5.07. The first-order valence-electron chi connectivity index (χ1n) is 6.05. The van der Waals surface area contributed by atoms with Crippen LogP contribution in [-0.2, 0) is 24.3 Å². The molecule has 0 bridgehead atoms. The van der Waals surface area contributed by atoms with Gasteiger partial charge in [0.05, 0.1) is 18.9 Å². The molecule has 1 N–H and O–H groups in total. The van der Waals surface area contributed by atoms with Gasteiger partial charge in [-0.15, -0.1) is 0 Å².